The van der Waals surface area contributed by atoms with Crippen LogP contribution in [0.15, 0.2) is 30.3 Å². The van der Waals surface area contributed by atoms with Crippen molar-refractivity contribution in [3.8, 4) is 5.75 Å². The van der Waals surface area contributed by atoms with Gasteiger partial charge in [0.25, 0.3) is 6.43 Å². The number of carbonyl (C=O) groups is 1. The number of fused-ring (bicyclic) bond motifs is 1. The lowest BCUT2D eigenvalue weighted by molar-refractivity contribution is 0.112. The highest BCUT2D eigenvalue weighted by Crippen LogP contribution is 2.38. The van der Waals surface area contributed by atoms with E-state index in [-0.39, 0.29) is 17.4 Å². The third-order valence-corrected chi connectivity index (χ3v) is 4.66. The first-order valence-corrected chi connectivity index (χ1v) is 8.05. The van der Waals surface area contributed by atoms with Gasteiger partial charge in [0.2, 0.25) is 0 Å². The maximum Gasteiger partial charge on any atom is 0.268 e. The van der Waals surface area contributed by atoms with Gasteiger partial charge in [-0.15, -0.1) is 0 Å². The summed E-state index contributed by atoms with van der Waals surface area (Å²) in [5, 5.41) is 1.08. The van der Waals surface area contributed by atoms with Gasteiger partial charge in [0, 0.05) is 5.56 Å². The molecule has 0 heterocycles. The fourth-order valence-electron chi connectivity index (χ4n) is 3.28. The molecule has 3 rings (SSSR count). The van der Waals surface area contributed by atoms with E-state index in [1.165, 1.54) is 0 Å². The van der Waals surface area contributed by atoms with Crippen molar-refractivity contribution in [2.45, 2.75) is 45.1 Å². The number of halogens is 2. The van der Waals surface area contributed by atoms with Crippen LogP contribution in [0, 0.1) is 5.92 Å². The first-order chi connectivity index (χ1) is 11.1. The first kappa shape index (κ1) is 15.9. The van der Waals surface area contributed by atoms with Crippen LogP contribution in [-0.2, 0) is 0 Å². The van der Waals surface area contributed by atoms with Crippen molar-refractivity contribution in [3.63, 3.8) is 0 Å². The maximum atomic E-state index is 13.6. The molecule has 122 valence electrons. The molecule has 23 heavy (non-hydrogen) atoms. The summed E-state index contributed by atoms with van der Waals surface area (Å²) >= 11 is 0. The highest BCUT2D eigenvalue weighted by atomic mass is 19.3. The average Bonchev–Trinajstić information content (AvgIpc) is 2.56. The van der Waals surface area contributed by atoms with E-state index in [0.717, 1.165) is 32.0 Å². The van der Waals surface area contributed by atoms with Gasteiger partial charge in [0.1, 0.15) is 12.0 Å². The first-order valence-electron chi connectivity index (χ1n) is 8.05. The molecule has 2 nitrogen and oxygen atoms in total. The molecule has 0 atom stereocenters. The van der Waals surface area contributed by atoms with Crippen LogP contribution in [0.2, 0.25) is 0 Å². The minimum Gasteiger partial charge on any atom is -0.490 e. The second kappa shape index (κ2) is 6.65. The molecule has 0 aromatic heterocycles. The molecule has 0 bridgehead atoms. The second-order valence-electron chi connectivity index (χ2n) is 6.38. The quantitative estimate of drug-likeness (QED) is 0.691. The standard InChI is InChI=1S/C19H20F2O2/c1-12-2-6-15(7-3-12)23-17-9-5-14-10-13(11-22)4-8-16(14)18(17)19(20)21/h4-5,8-12,15,19H,2-3,6-7H2,1H3. The number of hydrogen-bond donors (Lipinski definition) is 0. The topological polar surface area (TPSA) is 26.3 Å². The third-order valence-electron chi connectivity index (χ3n) is 4.66. The van der Waals surface area contributed by atoms with Crippen LogP contribution in [0.3, 0.4) is 0 Å². The fourth-order valence-corrected chi connectivity index (χ4v) is 3.28. The van der Waals surface area contributed by atoms with E-state index in [1.54, 1.807) is 30.3 Å². The maximum absolute atomic E-state index is 13.6. The Kier molecular flexibility index (Phi) is 4.60. The monoisotopic (exact) mass is 318 g/mol. The Morgan fingerprint density at radius 3 is 2.52 bits per heavy atom. The number of hydrogen-bond acceptors (Lipinski definition) is 2. The Balaban J connectivity index is 1.96. The molecule has 0 amide bonds. The Morgan fingerprint density at radius 2 is 1.87 bits per heavy atom. The summed E-state index contributed by atoms with van der Waals surface area (Å²) in [6, 6.07) is 8.12. The Hall–Kier alpha value is -1.97. The van der Waals surface area contributed by atoms with Gasteiger partial charge in [-0.1, -0.05) is 25.1 Å². The lowest BCUT2D eigenvalue weighted by Crippen LogP contribution is -2.23. The molecule has 1 saturated carbocycles. The van der Waals surface area contributed by atoms with Crippen molar-refractivity contribution in [1.29, 1.82) is 0 Å². The molecule has 1 aliphatic rings. The summed E-state index contributed by atoms with van der Waals surface area (Å²) in [5.41, 5.74) is 0.409. The van der Waals surface area contributed by atoms with Crippen molar-refractivity contribution in [2.24, 2.45) is 5.92 Å². The van der Waals surface area contributed by atoms with Crippen molar-refractivity contribution in [2.75, 3.05) is 0 Å². The summed E-state index contributed by atoms with van der Waals surface area (Å²) < 4.78 is 33.1. The summed E-state index contributed by atoms with van der Waals surface area (Å²) in [6.07, 6.45) is 2.08. The number of aldehydes is 1. The average molecular weight is 318 g/mol. The fraction of sp³-hybridized carbons (Fsp3) is 0.421. The van der Waals surface area contributed by atoms with E-state index in [0.29, 0.717) is 22.3 Å². The molecule has 0 saturated heterocycles. The SMILES string of the molecule is CC1CCC(Oc2ccc3cc(C=O)ccc3c2C(F)F)CC1. The van der Waals surface area contributed by atoms with Gasteiger partial charge in [-0.2, -0.15) is 0 Å². The van der Waals surface area contributed by atoms with Gasteiger partial charge in [0.15, 0.2) is 0 Å². The minimum absolute atomic E-state index is 0.00963. The van der Waals surface area contributed by atoms with Crippen LogP contribution in [0.5, 0.6) is 5.75 Å². The molecule has 0 spiro atoms. The van der Waals surface area contributed by atoms with E-state index >= 15 is 0 Å². The van der Waals surface area contributed by atoms with E-state index in [1.807, 2.05) is 0 Å². The van der Waals surface area contributed by atoms with Crippen LogP contribution in [0.4, 0.5) is 8.78 Å². The lowest BCUT2D eigenvalue weighted by Gasteiger charge is -2.28. The van der Waals surface area contributed by atoms with Gasteiger partial charge in [-0.05, 0) is 54.5 Å². The minimum atomic E-state index is -2.61. The highest BCUT2D eigenvalue weighted by molar-refractivity contribution is 5.92. The van der Waals surface area contributed by atoms with E-state index in [2.05, 4.69) is 6.92 Å². The zero-order chi connectivity index (χ0) is 16.4. The van der Waals surface area contributed by atoms with Gasteiger partial charge in [-0.3, -0.25) is 4.79 Å². The molecular weight excluding hydrogens is 298 g/mol. The van der Waals surface area contributed by atoms with Gasteiger partial charge in [0.05, 0.1) is 11.7 Å². The van der Waals surface area contributed by atoms with Crippen LogP contribution in [-0.4, -0.2) is 12.4 Å². The Labute approximate surface area is 134 Å². The largest absolute Gasteiger partial charge is 0.490 e. The zero-order valence-corrected chi connectivity index (χ0v) is 13.1. The molecule has 4 heteroatoms. The van der Waals surface area contributed by atoms with Crippen molar-refractivity contribution in [3.05, 3.63) is 41.5 Å². The summed E-state index contributed by atoms with van der Waals surface area (Å²) in [4.78, 5) is 10.9. The number of alkyl halides is 2. The van der Waals surface area contributed by atoms with E-state index in [4.69, 9.17) is 4.74 Å². The number of benzene rings is 2. The smallest absolute Gasteiger partial charge is 0.268 e. The third kappa shape index (κ3) is 3.36. The molecule has 0 radical (unpaired) electrons. The predicted octanol–water partition coefficient (Wildman–Crippen LogP) is 5.55. The molecule has 2 aromatic carbocycles. The van der Waals surface area contributed by atoms with Gasteiger partial charge in [-0.25, -0.2) is 8.78 Å². The molecule has 1 aliphatic carbocycles. The number of rotatable bonds is 4. The number of ether oxygens (including phenoxy) is 1. The van der Waals surface area contributed by atoms with Gasteiger partial charge >= 0.3 is 0 Å². The van der Waals surface area contributed by atoms with E-state index < -0.39 is 6.43 Å². The molecule has 0 N–H and O–H groups in total. The zero-order valence-electron chi connectivity index (χ0n) is 13.1. The number of carbonyl (C=O) groups excluding carboxylic acids is 1. The normalized spacial score (nSPS) is 21.6. The Morgan fingerprint density at radius 1 is 1.13 bits per heavy atom. The molecule has 2 aromatic rings. The van der Waals surface area contributed by atoms with Crippen LogP contribution >= 0.6 is 0 Å². The van der Waals surface area contributed by atoms with Crippen molar-refractivity contribution < 1.29 is 18.3 Å². The molecule has 0 unspecified atom stereocenters. The summed E-state index contributed by atoms with van der Waals surface area (Å²) in [6.45, 7) is 2.21. The van der Waals surface area contributed by atoms with Crippen LogP contribution in [0.1, 0.15) is 55.0 Å². The van der Waals surface area contributed by atoms with Crippen LogP contribution in [0.25, 0.3) is 10.8 Å². The highest BCUT2D eigenvalue weighted by Gasteiger charge is 2.24. The summed E-state index contributed by atoms with van der Waals surface area (Å²) in [5.74, 6) is 0.952. The van der Waals surface area contributed by atoms with Crippen LogP contribution < -0.4 is 4.74 Å². The predicted molar refractivity (Wildman–Crippen MR) is 86.3 cm³/mol. The van der Waals surface area contributed by atoms with E-state index in [9.17, 15) is 13.6 Å². The van der Waals surface area contributed by atoms with Crippen molar-refractivity contribution >= 4 is 17.1 Å². The lowest BCUT2D eigenvalue weighted by atomic mass is 9.89. The summed E-state index contributed by atoms with van der Waals surface area (Å²) in [7, 11) is 0. The second-order valence-corrected chi connectivity index (χ2v) is 6.38. The molecule has 1 fully saturated rings. The molecular formula is C19H20F2O2. The Bertz CT molecular complexity index is 704. The van der Waals surface area contributed by atoms with Crippen molar-refractivity contribution in [1.82, 2.24) is 0 Å². The van der Waals surface area contributed by atoms with Gasteiger partial charge < -0.3 is 4.74 Å². The molecule has 0 aliphatic heterocycles.